The lowest BCUT2D eigenvalue weighted by molar-refractivity contribution is -0.150. The van der Waals surface area contributed by atoms with Crippen LogP contribution >= 0.6 is 11.8 Å². The molecule has 0 heterocycles. The summed E-state index contributed by atoms with van der Waals surface area (Å²) in [6.45, 7) is 7.04. The average molecular weight is 447 g/mol. The van der Waals surface area contributed by atoms with E-state index in [4.69, 9.17) is 4.74 Å². The number of carbonyl (C=O) groups excluding carboxylic acids is 4. The zero-order chi connectivity index (χ0) is 22.6. The number of fused-ring (bicyclic) bond motifs is 5. The standard InChI is InChI=1S/C25H34O5S/c1-14(26)30-13-20(29)23-19(28)12-18-22-17(8-10-25(18,23)4)24(3)9-6-5-7-16(24)11-21(22)31-15(2)27/h12,16-17,21-23H,5-11,13H2,1-4H3/t16?,17-,21?,22+,23+,24-,25-/m0/s1. The number of ether oxygens (including phenoxy) is 1. The van der Waals surface area contributed by atoms with Crippen LogP contribution in [-0.2, 0) is 23.9 Å². The van der Waals surface area contributed by atoms with Gasteiger partial charge in [-0.1, -0.05) is 44.0 Å². The first-order chi connectivity index (χ1) is 14.6. The summed E-state index contributed by atoms with van der Waals surface area (Å²) >= 11 is 1.44. The van der Waals surface area contributed by atoms with Crippen molar-refractivity contribution < 1.29 is 23.9 Å². The highest BCUT2D eigenvalue weighted by Gasteiger charge is 2.62. The van der Waals surface area contributed by atoms with Crippen molar-refractivity contribution in [3.63, 3.8) is 0 Å². The Balaban J connectivity index is 1.69. The van der Waals surface area contributed by atoms with Crippen LogP contribution in [0.2, 0.25) is 0 Å². The number of allylic oxidation sites excluding steroid dienone is 2. The van der Waals surface area contributed by atoms with Crippen molar-refractivity contribution in [2.45, 2.75) is 77.9 Å². The molecular formula is C25H34O5S. The minimum absolute atomic E-state index is 0.128. The summed E-state index contributed by atoms with van der Waals surface area (Å²) in [7, 11) is 0. The van der Waals surface area contributed by atoms with Crippen LogP contribution in [0.1, 0.15) is 72.6 Å². The summed E-state index contributed by atoms with van der Waals surface area (Å²) in [4.78, 5) is 49.4. The Morgan fingerprint density at radius 3 is 2.55 bits per heavy atom. The zero-order valence-corrected chi connectivity index (χ0v) is 19.9. The number of esters is 1. The number of Topliss-reactive ketones (excluding diaryl/α,β-unsaturated/α-hetero) is 1. The normalized spacial score (nSPS) is 41.5. The van der Waals surface area contributed by atoms with Crippen molar-refractivity contribution in [3.05, 3.63) is 11.6 Å². The molecule has 0 spiro atoms. The van der Waals surface area contributed by atoms with Gasteiger partial charge in [-0.3, -0.25) is 19.2 Å². The van der Waals surface area contributed by atoms with Gasteiger partial charge in [0.2, 0.25) is 0 Å². The molecule has 170 valence electrons. The van der Waals surface area contributed by atoms with Crippen molar-refractivity contribution in [2.75, 3.05) is 6.61 Å². The Labute approximate surface area is 189 Å². The molecule has 31 heavy (non-hydrogen) atoms. The first kappa shape index (κ1) is 22.8. The van der Waals surface area contributed by atoms with E-state index in [9.17, 15) is 19.2 Å². The van der Waals surface area contributed by atoms with E-state index < -0.39 is 17.3 Å². The molecule has 6 heteroatoms. The van der Waals surface area contributed by atoms with Gasteiger partial charge in [0.15, 0.2) is 23.3 Å². The fourth-order valence-electron chi connectivity index (χ4n) is 7.54. The maximum absolute atomic E-state index is 13.1. The highest BCUT2D eigenvalue weighted by Crippen LogP contribution is 2.67. The Morgan fingerprint density at radius 2 is 1.87 bits per heavy atom. The second-order valence-electron chi connectivity index (χ2n) is 10.6. The number of carbonyl (C=O) groups is 4. The number of thioether (sulfide) groups is 1. The summed E-state index contributed by atoms with van der Waals surface area (Å²) in [5, 5.41) is 0.294. The van der Waals surface area contributed by atoms with Gasteiger partial charge in [-0.2, -0.15) is 0 Å². The van der Waals surface area contributed by atoms with Crippen molar-refractivity contribution in [1.29, 1.82) is 0 Å². The molecule has 3 saturated carbocycles. The topological polar surface area (TPSA) is 77.5 Å². The molecule has 4 aliphatic rings. The lowest BCUT2D eigenvalue weighted by Crippen LogP contribution is -2.55. The first-order valence-corrected chi connectivity index (χ1v) is 12.5. The van der Waals surface area contributed by atoms with E-state index in [0.29, 0.717) is 11.8 Å². The smallest absolute Gasteiger partial charge is 0.303 e. The Morgan fingerprint density at radius 1 is 1.13 bits per heavy atom. The van der Waals surface area contributed by atoms with Gasteiger partial charge in [0, 0.05) is 24.5 Å². The summed E-state index contributed by atoms with van der Waals surface area (Å²) in [5.74, 6) is -0.522. The molecule has 0 saturated heterocycles. The molecule has 4 aliphatic carbocycles. The summed E-state index contributed by atoms with van der Waals surface area (Å²) in [6, 6.07) is 0. The Bertz CT molecular complexity index is 847. The van der Waals surface area contributed by atoms with Gasteiger partial charge in [-0.25, -0.2) is 0 Å². The van der Waals surface area contributed by atoms with E-state index in [1.54, 1.807) is 13.0 Å². The second kappa shape index (κ2) is 8.17. The van der Waals surface area contributed by atoms with E-state index in [0.717, 1.165) is 24.8 Å². The highest BCUT2D eigenvalue weighted by molar-refractivity contribution is 8.14. The van der Waals surface area contributed by atoms with Gasteiger partial charge >= 0.3 is 5.97 Å². The quantitative estimate of drug-likeness (QED) is 0.467. The molecule has 0 N–H and O–H groups in total. The van der Waals surface area contributed by atoms with Crippen LogP contribution in [0.3, 0.4) is 0 Å². The molecule has 0 amide bonds. The number of hydrogen-bond donors (Lipinski definition) is 0. The molecule has 0 aromatic heterocycles. The van der Waals surface area contributed by atoms with E-state index in [1.807, 2.05) is 6.92 Å². The van der Waals surface area contributed by atoms with Crippen molar-refractivity contribution >= 4 is 34.4 Å². The third-order valence-corrected chi connectivity index (χ3v) is 10.0. The summed E-state index contributed by atoms with van der Waals surface area (Å²) in [5.41, 5.74) is 0.782. The lowest BCUT2D eigenvalue weighted by Gasteiger charge is -2.60. The van der Waals surface area contributed by atoms with Gasteiger partial charge in [-0.05, 0) is 61.3 Å². The molecule has 2 unspecified atom stereocenters. The molecular weight excluding hydrogens is 412 g/mol. The first-order valence-electron chi connectivity index (χ1n) is 11.7. The van der Waals surface area contributed by atoms with E-state index in [2.05, 4.69) is 6.92 Å². The maximum Gasteiger partial charge on any atom is 0.303 e. The zero-order valence-electron chi connectivity index (χ0n) is 19.1. The van der Waals surface area contributed by atoms with Crippen LogP contribution in [0, 0.1) is 34.5 Å². The molecule has 0 aliphatic heterocycles. The Kier molecular flexibility index (Phi) is 5.99. The molecule has 0 bridgehead atoms. The molecule has 0 aromatic rings. The largest absolute Gasteiger partial charge is 0.458 e. The number of ketones is 2. The van der Waals surface area contributed by atoms with Crippen LogP contribution in [0.25, 0.3) is 0 Å². The molecule has 5 nitrogen and oxygen atoms in total. The maximum atomic E-state index is 13.1. The fraction of sp³-hybridized carbons (Fsp3) is 0.760. The van der Waals surface area contributed by atoms with Crippen LogP contribution in [0.4, 0.5) is 0 Å². The lowest BCUT2D eigenvalue weighted by atomic mass is 9.46. The molecule has 3 fully saturated rings. The molecule has 0 radical (unpaired) electrons. The molecule has 7 atom stereocenters. The average Bonchev–Trinajstić information content (AvgIpc) is 2.96. The number of hydrogen-bond acceptors (Lipinski definition) is 6. The van der Waals surface area contributed by atoms with Gasteiger partial charge in [0.05, 0.1) is 5.92 Å². The molecule has 4 rings (SSSR count). The number of rotatable bonds is 4. The van der Waals surface area contributed by atoms with Gasteiger partial charge in [0.25, 0.3) is 0 Å². The summed E-state index contributed by atoms with van der Waals surface area (Å²) < 4.78 is 4.94. The van der Waals surface area contributed by atoms with E-state index in [1.165, 1.54) is 44.4 Å². The van der Waals surface area contributed by atoms with Gasteiger partial charge < -0.3 is 4.74 Å². The van der Waals surface area contributed by atoms with Crippen molar-refractivity contribution in [3.8, 4) is 0 Å². The predicted molar refractivity (Wildman–Crippen MR) is 119 cm³/mol. The minimum atomic E-state index is -0.775. The Hall–Kier alpha value is -1.43. The minimum Gasteiger partial charge on any atom is -0.458 e. The second-order valence-corrected chi connectivity index (χ2v) is 12.0. The van der Waals surface area contributed by atoms with Crippen LogP contribution in [-0.4, -0.2) is 34.5 Å². The van der Waals surface area contributed by atoms with Crippen molar-refractivity contribution in [2.24, 2.45) is 34.5 Å². The van der Waals surface area contributed by atoms with Crippen LogP contribution in [0.15, 0.2) is 11.6 Å². The third-order valence-electron chi connectivity index (χ3n) is 8.92. The predicted octanol–water partition coefficient (Wildman–Crippen LogP) is 4.52. The van der Waals surface area contributed by atoms with Gasteiger partial charge in [-0.15, -0.1) is 0 Å². The van der Waals surface area contributed by atoms with Gasteiger partial charge in [0.1, 0.15) is 0 Å². The van der Waals surface area contributed by atoms with E-state index >= 15 is 0 Å². The van der Waals surface area contributed by atoms with Crippen LogP contribution < -0.4 is 0 Å². The van der Waals surface area contributed by atoms with E-state index in [-0.39, 0.29) is 39.9 Å². The monoisotopic (exact) mass is 446 g/mol. The van der Waals surface area contributed by atoms with Crippen LogP contribution in [0.5, 0.6) is 0 Å². The SMILES string of the molecule is CC(=O)OCC(=O)[C@H]1C(=O)C=C2[C@@H]3C(SC(C)=O)CC4CCCC[C@]4(C)[C@H]3CC[C@@]21C. The van der Waals surface area contributed by atoms with Crippen molar-refractivity contribution in [1.82, 2.24) is 0 Å². The molecule has 0 aromatic carbocycles. The fourth-order valence-corrected chi connectivity index (χ4v) is 8.77. The highest BCUT2D eigenvalue weighted by atomic mass is 32.2. The third kappa shape index (κ3) is 3.73. The summed E-state index contributed by atoms with van der Waals surface area (Å²) in [6.07, 6.45) is 9.46.